The molecule has 0 fully saturated rings. The smallest absolute Gasteiger partial charge is 0.348 e. The van der Waals surface area contributed by atoms with Crippen LogP contribution in [0.25, 0.3) is 21.6 Å². The number of carbonyl (C=O) groups is 1. The summed E-state index contributed by atoms with van der Waals surface area (Å²) < 4.78 is 27.6. The molecule has 3 aromatic rings. The lowest BCUT2D eigenvalue weighted by Gasteiger charge is -2.09. The number of nitrogens with one attached hydrogen (secondary N) is 1. The Kier molecular flexibility index (Phi) is 7.48. The van der Waals surface area contributed by atoms with Crippen molar-refractivity contribution in [1.29, 1.82) is 0 Å². The Morgan fingerprint density at radius 3 is 2.34 bits per heavy atom. The van der Waals surface area contributed by atoms with Crippen LogP contribution in [0, 0.1) is 0 Å². The minimum absolute atomic E-state index is 0.279. The SMILES string of the molecule is CCOC(=O)c1sc(-c2ccc(Cl)cc2)c(CBr)c1-c1ccc(NS(=O)O)cc1. The van der Waals surface area contributed by atoms with Crippen molar-refractivity contribution in [3.63, 3.8) is 0 Å². The van der Waals surface area contributed by atoms with Gasteiger partial charge in [-0.2, -0.15) is 0 Å². The number of ether oxygens (including phenoxy) is 1. The predicted octanol–water partition coefficient (Wildman–Crippen LogP) is 6.36. The lowest BCUT2D eigenvalue weighted by molar-refractivity contribution is 0.0533. The van der Waals surface area contributed by atoms with Crippen LogP contribution in [0.4, 0.5) is 5.69 Å². The normalized spacial score (nSPS) is 11.9. The lowest BCUT2D eigenvalue weighted by atomic mass is 9.98. The summed E-state index contributed by atoms with van der Waals surface area (Å²) in [5.41, 5.74) is 4.02. The molecule has 0 aliphatic carbocycles. The molecule has 152 valence electrons. The van der Waals surface area contributed by atoms with Crippen LogP contribution in [0.5, 0.6) is 0 Å². The number of alkyl halides is 1. The molecule has 0 saturated heterocycles. The van der Waals surface area contributed by atoms with E-state index in [1.54, 1.807) is 31.2 Å². The van der Waals surface area contributed by atoms with Gasteiger partial charge in [0.2, 0.25) is 0 Å². The average molecular weight is 515 g/mol. The molecule has 1 aromatic heterocycles. The minimum atomic E-state index is -2.15. The van der Waals surface area contributed by atoms with Gasteiger partial charge in [-0.25, -0.2) is 9.00 Å². The Morgan fingerprint density at radius 1 is 1.17 bits per heavy atom. The van der Waals surface area contributed by atoms with E-state index in [2.05, 4.69) is 20.7 Å². The van der Waals surface area contributed by atoms with Crippen molar-refractivity contribution in [2.75, 3.05) is 11.3 Å². The molecule has 0 saturated carbocycles. The number of rotatable bonds is 7. The van der Waals surface area contributed by atoms with Gasteiger partial charge in [0, 0.05) is 26.5 Å². The minimum Gasteiger partial charge on any atom is -0.462 e. The first-order valence-electron chi connectivity index (χ1n) is 8.57. The molecule has 0 aliphatic rings. The van der Waals surface area contributed by atoms with E-state index in [9.17, 15) is 9.00 Å². The molecule has 5 nitrogen and oxygen atoms in total. The van der Waals surface area contributed by atoms with Gasteiger partial charge in [-0.1, -0.05) is 51.8 Å². The van der Waals surface area contributed by atoms with Crippen molar-refractivity contribution in [3.05, 3.63) is 64.0 Å². The van der Waals surface area contributed by atoms with Crippen LogP contribution in [0.3, 0.4) is 0 Å². The van der Waals surface area contributed by atoms with Crippen LogP contribution in [-0.4, -0.2) is 21.3 Å². The topological polar surface area (TPSA) is 75.6 Å². The molecule has 0 radical (unpaired) electrons. The number of benzene rings is 2. The molecule has 0 bridgehead atoms. The number of hydrogen-bond donors (Lipinski definition) is 2. The summed E-state index contributed by atoms with van der Waals surface area (Å²) in [6, 6.07) is 14.5. The average Bonchev–Trinajstić information content (AvgIpc) is 3.08. The van der Waals surface area contributed by atoms with Gasteiger partial charge in [0.05, 0.1) is 6.61 Å². The fourth-order valence-corrected chi connectivity index (χ4v) is 5.33. The maximum atomic E-state index is 12.7. The van der Waals surface area contributed by atoms with E-state index < -0.39 is 11.3 Å². The van der Waals surface area contributed by atoms with Gasteiger partial charge in [-0.3, -0.25) is 9.27 Å². The monoisotopic (exact) mass is 513 g/mol. The quantitative estimate of drug-likeness (QED) is 0.219. The Bertz CT molecular complexity index is 1040. The summed E-state index contributed by atoms with van der Waals surface area (Å²) in [5.74, 6) is -0.381. The first-order chi connectivity index (χ1) is 13.9. The molecule has 0 aliphatic heterocycles. The van der Waals surface area contributed by atoms with Crippen molar-refractivity contribution in [3.8, 4) is 21.6 Å². The lowest BCUT2D eigenvalue weighted by Crippen LogP contribution is -2.04. The van der Waals surface area contributed by atoms with Crippen LogP contribution in [0.15, 0.2) is 48.5 Å². The standard InChI is InChI=1S/C20H17BrClNO4S2/c1-2-27-20(24)19-17(12-5-9-15(10-6-12)23-29(25)26)16(11-21)18(28-19)13-3-7-14(22)8-4-13/h3-10,23H,2,11H2,1H3,(H,25,26). The van der Waals surface area contributed by atoms with Crippen LogP contribution < -0.4 is 4.72 Å². The van der Waals surface area contributed by atoms with Crippen molar-refractivity contribution >= 4 is 61.8 Å². The number of halogens is 2. The molecule has 1 heterocycles. The molecular weight excluding hydrogens is 498 g/mol. The predicted molar refractivity (Wildman–Crippen MR) is 123 cm³/mol. The second kappa shape index (κ2) is 9.86. The van der Waals surface area contributed by atoms with Crippen LogP contribution >= 0.6 is 38.9 Å². The Morgan fingerprint density at radius 2 is 1.79 bits per heavy atom. The van der Waals surface area contributed by atoms with E-state index in [1.165, 1.54) is 11.3 Å². The van der Waals surface area contributed by atoms with Crippen molar-refractivity contribution in [2.24, 2.45) is 0 Å². The molecule has 29 heavy (non-hydrogen) atoms. The van der Waals surface area contributed by atoms with Crippen LogP contribution in [0.2, 0.25) is 5.02 Å². The summed E-state index contributed by atoms with van der Waals surface area (Å²) in [5, 5.41) is 1.18. The third-order valence-corrected chi connectivity index (χ3v) is 6.57. The van der Waals surface area contributed by atoms with Gasteiger partial charge in [-0.05, 0) is 47.9 Å². The van der Waals surface area contributed by atoms with Gasteiger partial charge in [0.1, 0.15) is 4.88 Å². The second-order valence-corrected chi connectivity index (χ2v) is 8.62. The van der Waals surface area contributed by atoms with E-state index >= 15 is 0 Å². The van der Waals surface area contributed by atoms with E-state index in [0.717, 1.165) is 27.1 Å². The number of hydrogen-bond acceptors (Lipinski definition) is 4. The highest BCUT2D eigenvalue weighted by Crippen LogP contribution is 2.44. The largest absolute Gasteiger partial charge is 0.462 e. The molecule has 1 atom stereocenters. The summed E-state index contributed by atoms with van der Waals surface area (Å²) in [6.45, 7) is 2.05. The van der Waals surface area contributed by atoms with Crippen LogP contribution in [-0.2, 0) is 21.3 Å². The van der Waals surface area contributed by atoms with E-state index in [4.69, 9.17) is 20.9 Å². The zero-order valence-electron chi connectivity index (χ0n) is 15.3. The highest BCUT2D eigenvalue weighted by atomic mass is 79.9. The van der Waals surface area contributed by atoms with Crippen molar-refractivity contribution < 1.29 is 18.3 Å². The summed E-state index contributed by atoms with van der Waals surface area (Å²) in [7, 11) is 0. The van der Waals surface area contributed by atoms with Crippen molar-refractivity contribution in [2.45, 2.75) is 12.3 Å². The zero-order chi connectivity index (χ0) is 21.0. The van der Waals surface area contributed by atoms with Crippen LogP contribution in [0.1, 0.15) is 22.2 Å². The van der Waals surface area contributed by atoms with E-state index in [-0.39, 0.29) is 12.6 Å². The molecule has 9 heteroatoms. The summed E-state index contributed by atoms with van der Waals surface area (Å²) in [4.78, 5) is 14.2. The summed E-state index contributed by atoms with van der Waals surface area (Å²) >= 11 is 8.81. The molecular formula is C20H17BrClNO4S2. The van der Waals surface area contributed by atoms with E-state index in [0.29, 0.717) is 20.9 Å². The van der Waals surface area contributed by atoms with Gasteiger partial charge in [0.15, 0.2) is 0 Å². The molecule has 2 N–H and O–H groups in total. The fourth-order valence-electron chi connectivity index (χ4n) is 2.88. The maximum Gasteiger partial charge on any atom is 0.348 e. The molecule has 0 amide bonds. The number of anilines is 1. The van der Waals surface area contributed by atoms with Gasteiger partial charge in [-0.15, -0.1) is 11.3 Å². The second-order valence-electron chi connectivity index (χ2n) is 5.90. The Hall–Kier alpha value is -1.71. The number of carbonyl (C=O) groups excluding carboxylic acids is 1. The van der Waals surface area contributed by atoms with Crippen molar-refractivity contribution in [1.82, 2.24) is 0 Å². The fraction of sp³-hybridized carbons (Fsp3) is 0.150. The molecule has 0 spiro atoms. The number of thiophene rings is 1. The first-order valence-corrected chi connectivity index (χ1v) is 12.0. The highest BCUT2D eigenvalue weighted by molar-refractivity contribution is 9.08. The maximum absolute atomic E-state index is 12.7. The van der Waals surface area contributed by atoms with Gasteiger partial charge < -0.3 is 4.74 Å². The Labute approximate surface area is 188 Å². The Balaban J connectivity index is 2.16. The van der Waals surface area contributed by atoms with Gasteiger partial charge >= 0.3 is 5.97 Å². The highest BCUT2D eigenvalue weighted by Gasteiger charge is 2.25. The zero-order valence-corrected chi connectivity index (χ0v) is 19.3. The summed E-state index contributed by atoms with van der Waals surface area (Å²) in [6.07, 6.45) is 0. The molecule has 2 aromatic carbocycles. The molecule has 1 unspecified atom stereocenters. The molecule has 3 rings (SSSR count). The van der Waals surface area contributed by atoms with E-state index in [1.807, 2.05) is 24.3 Å². The van der Waals surface area contributed by atoms with Gasteiger partial charge in [0.25, 0.3) is 11.3 Å². The third kappa shape index (κ3) is 5.07. The third-order valence-electron chi connectivity index (χ3n) is 4.09. The first kappa shape index (κ1) is 22.0. The number of esters is 1.